The second-order valence-electron chi connectivity index (χ2n) is 3.69. The summed E-state index contributed by atoms with van der Waals surface area (Å²) in [5.74, 6) is 0. The van der Waals surface area contributed by atoms with Gasteiger partial charge in [-0.1, -0.05) is 23.7 Å². The predicted octanol–water partition coefficient (Wildman–Crippen LogP) is 2.09. The van der Waals surface area contributed by atoms with Crippen LogP contribution in [0.4, 0.5) is 5.69 Å². The van der Waals surface area contributed by atoms with Crippen molar-refractivity contribution in [2.24, 2.45) is 5.73 Å². The maximum Gasteiger partial charge on any atom is 0.158 e. The van der Waals surface area contributed by atoms with Crippen molar-refractivity contribution in [2.75, 3.05) is 26.1 Å². The van der Waals surface area contributed by atoms with Crippen molar-refractivity contribution in [1.29, 1.82) is 0 Å². The summed E-state index contributed by atoms with van der Waals surface area (Å²) in [6.07, 6.45) is 0.396. The average Bonchev–Trinajstić information content (AvgIpc) is 2.36. The van der Waals surface area contributed by atoms with E-state index in [1.54, 1.807) is 14.2 Å². The predicted molar refractivity (Wildman–Crippen MR) is 70.3 cm³/mol. The lowest BCUT2D eigenvalue weighted by Crippen LogP contribution is -2.34. The zero-order valence-electron chi connectivity index (χ0n) is 10.2. The van der Waals surface area contributed by atoms with Crippen LogP contribution in [0.2, 0.25) is 5.02 Å². The van der Waals surface area contributed by atoms with Gasteiger partial charge in [0.15, 0.2) is 6.29 Å². The summed E-state index contributed by atoms with van der Waals surface area (Å²) < 4.78 is 10.3. The van der Waals surface area contributed by atoms with Crippen LogP contribution in [-0.4, -0.2) is 33.1 Å². The van der Waals surface area contributed by atoms with Gasteiger partial charge in [-0.3, -0.25) is 0 Å². The Bertz CT molecular complexity index is 332. The standard InChI is InChI=1S/C12H19ClN2O2/c1-16-12(17-2)7-9(8-14)15-11-6-4-3-5-10(11)13/h3-6,9,12,15H,7-8,14H2,1-2H3. The lowest BCUT2D eigenvalue weighted by atomic mass is 10.2. The minimum atomic E-state index is -0.265. The van der Waals surface area contributed by atoms with E-state index in [1.807, 2.05) is 24.3 Å². The van der Waals surface area contributed by atoms with Crippen molar-refractivity contribution < 1.29 is 9.47 Å². The Morgan fingerprint density at radius 1 is 1.29 bits per heavy atom. The topological polar surface area (TPSA) is 56.5 Å². The number of rotatable bonds is 7. The fourth-order valence-corrected chi connectivity index (χ4v) is 1.72. The number of para-hydroxylation sites is 1. The summed E-state index contributed by atoms with van der Waals surface area (Å²) in [5, 5.41) is 3.96. The van der Waals surface area contributed by atoms with Gasteiger partial charge in [0, 0.05) is 33.2 Å². The molecule has 1 rings (SSSR count). The number of methoxy groups -OCH3 is 2. The van der Waals surface area contributed by atoms with E-state index in [1.165, 1.54) is 0 Å². The van der Waals surface area contributed by atoms with Crippen molar-refractivity contribution in [3.05, 3.63) is 29.3 Å². The maximum atomic E-state index is 6.06. The van der Waals surface area contributed by atoms with Crippen molar-refractivity contribution in [3.8, 4) is 0 Å². The number of hydrogen-bond donors (Lipinski definition) is 2. The maximum absolute atomic E-state index is 6.06. The first-order chi connectivity index (χ1) is 8.21. The minimum absolute atomic E-state index is 0.0554. The number of halogens is 1. The number of nitrogens with one attached hydrogen (secondary N) is 1. The third-order valence-corrected chi connectivity index (χ3v) is 2.85. The molecule has 1 atom stereocenters. The summed E-state index contributed by atoms with van der Waals surface area (Å²) in [6.45, 7) is 0.481. The minimum Gasteiger partial charge on any atom is -0.380 e. The molecule has 0 radical (unpaired) electrons. The Hall–Kier alpha value is -0.810. The normalized spacial score (nSPS) is 12.8. The number of anilines is 1. The molecule has 1 aromatic rings. The highest BCUT2D eigenvalue weighted by Gasteiger charge is 2.15. The van der Waals surface area contributed by atoms with Gasteiger partial charge in [0.1, 0.15) is 0 Å². The Morgan fingerprint density at radius 2 is 1.94 bits per heavy atom. The van der Waals surface area contributed by atoms with Gasteiger partial charge in [-0.15, -0.1) is 0 Å². The largest absolute Gasteiger partial charge is 0.380 e. The molecule has 4 nitrogen and oxygen atoms in total. The van der Waals surface area contributed by atoms with E-state index in [0.717, 1.165) is 5.69 Å². The number of nitrogens with two attached hydrogens (primary N) is 1. The third-order valence-electron chi connectivity index (χ3n) is 2.52. The first kappa shape index (κ1) is 14.3. The lowest BCUT2D eigenvalue weighted by molar-refractivity contribution is -0.107. The second-order valence-corrected chi connectivity index (χ2v) is 4.10. The molecule has 0 fully saturated rings. The third kappa shape index (κ3) is 4.52. The van der Waals surface area contributed by atoms with Crippen LogP contribution in [0.3, 0.4) is 0 Å². The van der Waals surface area contributed by atoms with E-state index in [9.17, 15) is 0 Å². The molecular formula is C12H19ClN2O2. The quantitative estimate of drug-likeness (QED) is 0.736. The molecule has 0 amide bonds. The molecule has 0 saturated carbocycles. The van der Waals surface area contributed by atoms with E-state index in [2.05, 4.69) is 5.32 Å². The number of benzene rings is 1. The van der Waals surface area contributed by atoms with Crippen LogP contribution in [0.1, 0.15) is 6.42 Å². The molecule has 0 spiro atoms. The van der Waals surface area contributed by atoms with Crippen molar-refractivity contribution in [1.82, 2.24) is 0 Å². The van der Waals surface area contributed by atoms with Crippen LogP contribution < -0.4 is 11.1 Å². The molecule has 0 heterocycles. The monoisotopic (exact) mass is 258 g/mol. The second kappa shape index (κ2) is 7.50. The van der Waals surface area contributed by atoms with E-state index >= 15 is 0 Å². The van der Waals surface area contributed by atoms with Crippen LogP contribution in [0.25, 0.3) is 0 Å². The molecule has 17 heavy (non-hydrogen) atoms. The van der Waals surface area contributed by atoms with Crippen LogP contribution in [0.5, 0.6) is 0 Å². The summed E-state index contributed by atoms with van der Waals surface area (Å²) in [7, 11) is 3.22. The van der Waals surface area contributed by atoms with Crippen LogP contribution >= 0.6 is 11.6 Å². The van der Waals surface area contributed by atoms with Gasteiger partial charge >= 0.3 is 0 Å². The fourth-order valence-electron chi connectivity index (χ4n) is 1.53. The zero-order chi connectivity index (χ0) is 12.7. The Balaban J connectivity index is 2.61. The molecule has 5 heteroatoms. The van der Waals surface area contributed by atoms with Gasteiger partial charge < -0.3 is 20.5 Å². The number of ether oxygens (including phenoxy) is 2. The van der Waals surface area contributed by atoms with E-state index in [4.69, 9.17) is 26.8 Å². The van der Waals surface area contributed by atoms with Gasteiger partial charge in [-0.2, -0.15) is 0 Å². The van der Waals surface area contributed by atoms with E-state index in [0.29, 0.717) is 18.0 Å². The molecule has 0 saturated heterocycles. The van der Waals surface area contributed by atoms with Crippen LogP contribution in [0.15, 0.2) is 24.3 Å². The van der Waals surface area contributed by atoms with Crippen molar-refractivity contribution in [2.45, 2.75) is 18.8 Å². The van der Waals surface area contributed by atoms with Gasteiger partial charge in [0.2, 0.25) is 0 Å². The number of hydrogen-bond acceptors (Lipinski definition) is 4. The van der Waals surface area contributed by atoms with Gasteiger partial charge in [0.05, 0.1) is 10.7 Å². The smallest absolute Gasteiger partial charge is 0.158 e. The summed E-state index contributed by atoms with van der Waals surface area (Å²) in [4.78, 5) is 0. The van der Waals surface area contributed by atoms with Crippen LogP contribution in [0, 0.1) is 0 Å². The molecule has 3 N–H and O–H groups in total. The molecule has 0 bridgehead atoms. The molecule has 1 aromatic carbocycles. The summed E-state index contributed by atoms with van der Waals surface area (Å²) in [5.41, 5.74) is 6.58. The molecule has 1 unspecified atom stereocenters. The first-order valence-electron chi connectivity index (χ1n) is 5.48. The zero-order valence-corrected chi connectivity index (χ0v) is 10.9. The van der Waals surface area contributed by atoms with Gasteiger partial charge in [0.25, 0.3) is 0 Å². The van der Waals surface area contributed by atoms with Crippen molar-refractivity contribution in [3.63, 3.8) is 0 Å². The Morgan fingerprint density at radius 3 is 2.47 bits per heavy atom. The molecular weight excluding hydrogens is 240 g/mol. The highest BCUT2D eigenvalue weighted by Crippen LogP contribution is 2.22. The van der Waals surface area contributed by atoms with Gasteiger partial charge in [-0.25, -0.2) is 0 Å². The average molecular weight is 259 g/mol. The lowest BCUT2D eigenvalue weighted by Gasteiger charge is -2.23. The Labute approximate surface area is 107 Å². The van der Waals surface area contributed by atoms with E-state index < -0.39 is 0 Å². The van der Waals surface area contributed by atoms with Crippen molar-refractivity contribution >= 4 is 17.3 Å². The molecule has 0 aromatic heterocycles. The molecule has 96 valence electrons. The summed E-state index contributed by atoms with van der Waals surface area (Å²) >= 11 is 6.06. The van der Waals surface area contributed by atoms with Gasteiger partial charge in [-0.05, 0) is 12.1 Å². The Kier molecular flexibility index (Phi) is 6.29. The summed E-state index contributed by atoms with van der Waals surface area (Å²) in [6, 6.07) is 7.62. The highest BCUT2D eigenvalue weighted by molar-refractivity contribution is 6.33. The molecule has 0 aliphatic heterocycles. The van der Waals surface area contributed by atoms with E-state index in [-0.39, 0.29) is 12.3 Å². The van der Waals surface area contributed by atoms with Crippen LogP contribution in [-0.2, 0) is 9.47 Å². The SMILES string of the molecule is COC(CC(CN)Nc1ccccc1Cl)OC. The molecule has 0 aliphatic rings. The highest BCUT2D eigenvalue weighted by atomic mass is 35.5. The molecule has 0 aliphatic carbocycles. The fraction of sp³-hybridized carbons (Fsp3) is 0.500. The first-order valence-corrected chi connectivity index (χ1v) is 5.85.